The Labute approximate surface area is 119 Å². The number of oxazole rings is 1. The topological polar surface area (TPSA) is 38.5 Å². The van der Waals surface area contributed by atoms with E-state index in [4.69, 9.17) is 9.15 Å². The summed E-state index contributed by atoms with van der Waals surface area (Å²) < 4.78 is 11.1. The van der Waals surface area contributed by atoms with E-state index in [0.717, 1.165) is 56.1 Å². The summed E-state index contributed by atoms with van der Waals surface area (Å²) in [5.41, 5.74) is 1.87. The number of rotatable bonds is 6. The molecule has 108 valence electrons. The third-order valence-corrected chi connectivity index (χ3v) is 3.81. The first-order valence-corrected chi connectivity index (χ1v) is 7.56. The summed E-state index contributed by atoms with van der Waals surface area (Å²) in [6, 6.07) is 7.96. The van der Waals surface area contributed by atoms with Crippen LogP contribution in [0.5, 0.6) is 0 Å². The molecule has 2 heterocycles. The van der Waals surface area contributed by atoms with Gasteiger partial charge in [0, 0.05) is 19.5 Å². The summed E-state index contributed by atoms with van der Waals surface area (Å²) in [5.74, 6) is 0.873. The first kappa shape index (κ1) is 13.6. The summed E-state index contributed by atoms with van der Waals surface area (Å²) in [5, 5.41) is 0. The van der Waals surface area contributed by atoms with Crippen LogP contribution in [0.15, 0.2) is 28.7 Å². The largest absolute Gasteiger partial charge is 0.441 e. The number of aromatic nitrogens is 1. The van der Waals surface area contributed by atoms with Crippen molar-refractivity contribution in [3.63, 3.8) is 0 Å². The predicted octanol–water partition coefficient (Wildman–Crippen LogP) is 2.87. The van der Waals surface area contributed by atoms with Crippen LogP contribution in [0.3, 0.4) is 0 Å². The average molecular weight is 274 g/mol. The molecule has 0 N–H and O–H groups in total. The van der Waals surface area contributed by atoms with E-state index >= 15 is 0 Å². The van der Waals surface area contributed by atoms with Gasteiger partial charge in [-0.25, -0.2) is 4.98 Å². The fourth-order valence-corrected chi connectivity index (χ4v) is 2.64. The maximum absolute atomic E-state index is 5.73. The van der Waals surface area contributed by atoms with Crippen molar-refractivity contribution in [2.24, 2.45) is 0 Å². The van der Waals surface area contributed by atoms with Crippen molar-refractivity contribution in [2.45, 2.75) is 25.7 Å². The van der Waals surface area contributed by atoms with E-state index in [1.54, 1.807) is 0 Å². The first-order valence-electron chi connectivity index (χ1n) is 7.56. The lowest BCUT2D eigenvalue weighted by Crippen LogP contribution is -2.36. The quantitative estimate of drug-likeness (QED) is 0.759. The maximum Gasteiger partial charge on any atom is 0.195 e. The molecule has 1 aromatic heterocycles. The van der Waals surface area contributed by atoms with Crippen LogP contribution in [-0.2, 0) is 11.2 Å². The Morgan fingerprint density at radius 2 is 1.90 bits per heavy atom. The van der Waals surface area contributed by atoms with Crippen molar-refractivity contribution in [3.8, 4) is 0 Å². The summed E-state index contributed by atoms with van der Waals surface area (Å²) >= 11 is 0. The van der Waals surface area contributed by atoms with E-state index in [-0.39, 0.29) is 0 Å². The van der Waals surface area contributed by atoms with Gasteiger partial charge in [-0.1, -0.05) is 18.6 Å². The Bertz CT molecular complexity index is 499. The highest BCUT2D eigenvalue weighted by Gasteiger charge is 2.09. The molecule has 0 bridgehead atoms. The number of ether oxygens (including phenoxy) is 1. The standard InChI is InChI=1S/C16H22N2O2/c1(5-9-18-10-12-19-13-11-18)2-8-16-17-14-6-3-4-7-15(14)20-16/h3-4,6-7H,1-2,5,8-13H2. The van der Waals surface area contributed by atoms with Gasteiger partial charge >= 0.3 is 0 Å². The number of morpholine rings is 1. The molecule has 1 aliphatic heterocycles. The van der Waals surface area contributed by atoms with E-state index in [1.807, 2.05) is 24.3 Å². The summed E-state index contributed by atoms with van der Waals surface area (Å²) in [6.07, 6.45) is 4.57. The molecule has 4 nitrogen and oxygen atoms in total. The molecule has 0 atom stereocenters. The van der Waals surface area contributed by atoms with Crippen LogP contribution in [0, 0.1) is 0 Å². The predicted molar refractivity (Wildman–Crippen MR) is 78.8 cm³/mol. The summed E-state index contributed by atoms with van der Waals surface area (Å²) in [4.78, 5) is 7.00. The van der Waals surface area contributed by atoms with Gasteiger partial charge in [0.25, 0.3) is 0 Å². The lowest BCUT2D eigenvalue weighted by atomic mass is 10.2. The fourth-order valence-electron chi connectivity index (χ4n) is 2.64. The van der Waals surface area contributed by atoms with Gasteiger partial charge in [-0.3, -0.25) is 4.90 Å². The van der Waals surface area contributed by atoms with E-state index in [2.05, 4.69) is 9.88 Å². The van der Waals surface area contributed by atoms with E-state index in [9.17, 15) is 0 Å². The van der Waals surface area contributed by atoms with Crippen molar-refractivity contribution in [1.29, 1.82) is 0 Å². The SMILES string of the molecule is c1ccc2oc(CCCCCN3CCOCC3)nc2c1. The normalized spacial score (nSPS) is 16.8. The zero-order chi connectivity index (χ0) is 13.6. The van der Waals surface area contributed by atoms with E-state index in [0.29, 0.717) is 0 Å². The highest BCUT2D eigenvalue weighted by Crippen LogP contribution is 2.16. The summed E-state index contributed by atoms with van der Waals surface area (Å²) in [7, 11) is 0. The minimum absolute atomic E-state index is 0.873. The number of aryl methyl sites for hydroxylation is 1. The lowest BCUT2D eigenvalue weighted by Gasteiger charge is -2.26. The lowest BCUT2D eigenvalue weighted by molar-refractivity contribution is 0.0371. The van der Waals surface area contributed by atoms with Crippen LogP contribution in [0.1, 0.15) is 25.2 Å². The van der Waals surface area contributed by atoms with Crippen LogP contribution in [-0.4, -0.2) is 42.7 Å². The van der Waals surface area contributed by atoms with Crippen molar-refractivity contribution in [2.75, 3.05) is 32.8 Å². The Morgan fingerprint density at radius 3 is 2.75 bits per heavy atom. The molecular formula is C16H22N2O2. The van der Waals surface area contributed by atoms with Gasteiger partial charge in [0.2, 0.25) is 0 Å². The molecule has 0 radical (unpaired) electrons. The fraction of sp³-hybridized carbons (Fsp3) is 0.562. The average Bonchev–Trinajstić information content (AvgIpc) is 2.90. The van der Waals surface area contributed by atoms with Gasteiger partial charge in [0.1, 0.15) is 5.52 Å². The van der Waals surface area contributed by atoms with E-state index < -0.39 is 0 Å². The Kier molecular flexibility index (Phi) is 4.66. The Hall–Kier alpha value is -1.39. The highest BCUT2D eigenvalue weighted by molar-refractivity contribution is 5.72. The van der Waals surface area contributed by atoms with E-state index in [1.165, 1.54) is 19.4 Å². The molecule has 1 fully saturated rings. The van der Waals surface area contributed by atoms with Crippen LogP contribution in [0.25, 0.3) is 11.1 Å². The number of fused-ring (bicyclic) bond motifs is 1. The second-order valence-corrected chi connectivity index (χ2v) is 5.34. The molecule has 2 aromatic rings. The molecule has 0 aliphatic carbocycles. The molecule has 3 rings (SSSR count). The van der Waals surface area contributed by atoms with Crippen molar-refractivity contribution in [1.82, 2.24) is 9.88 Å². The summed E-state index contributed by atoms with van der Waals surface area (Å²) in [6.45, 7) is 5.15. The first-order chi connectivity index (χ1) is 9.92. The molecule has 0 amide bonds. The molecule has 20 heavy (non-hydrogen) atoms. The number of para-hydroxylation sites is 2. The van der Waals surface area contributed by atoms with Gasteiger partial charge in [0.15, 0.2) is 11.5 Å². The minimum atomic E-state index is 0.873. The Balaban J connectivity index is 1.37. The molecule has 0 spiro atoms. The number of unbranched alkanes of at least 4 members (excludes halogenated alkanes) is 2. The zero-order valence-corrected chi connectivity index (χ0v) is 11.9. The molecule has 1 aromatic carbocycles. The smallest absolute Gasteiger partial charge is 0.195 e. The van der Waals surface area contributed by atoms with Crippen LogP contribution in [0.4, 0.5) is 0 Å². The number of hydrogen-bond donors (Lipinski definition) is 0. The third-order valence-electron chi connectivity index (χ3n) is 3.81. The molecule has 1 aliphatic rings. The number of hydrogen-bond acceptors (Lipinski definition) is 4. The van der Waals surface area contributed by atoms with Gasteiger partial charge in [-0.05, 0) is 31.5 Å². The molecule has 4 heteroatoms. The third kappa shape index (κ3) is 3.58. The van der Waals surface area contributed by atoms with Crippen molar-refractivity contribution >= 4 is 11.1 Å². The van der Waals surface area contributed by atoms with Crippen LogP contribution < -0.4 is 0 Å². The molecule has 1 saturated heterocycles. The molecule has 0 unspecified atom stereocenters. The Morgan fingerprint density at radius 1 is 1.05 bits per heavy atom. The van der Waals surface area contributed by atoms with Gasteiger partial charge in [-0.15, -0.1) is 0 Å². The van der Waals surface area contributed by atoms with Gasteiger partial charge in [0.05, 0.1) is 13.2 Å². The second kappa shape index (κ2) is 6.86. The second-order valence-electron chi connectivity index (χ2n) is 5.34. The van der Waals surface area contributed by atoms with Crippen LogP contribution in [0.2, 0.25) is 0 Å². The molecular weight excluding hydrogens is 252 g/mol. The highest BCUT2D eigenvalue weighted by atomic mass is 16.5. The number of nitrogens with zero attached hydrogens (tertiary/aromatic N) is 2. The van der Waals surface area contributed by atoms with Crippen molar-refractivity contribution < 1.29 is 9.15 Å². The van der Waals surface area contributed by atoms with Gasteiger partial charge < -0.3 is 9.15 Å². The number of benzene rings is 1. The van der Waals surface area contributed by atoms with Gasteiger partial charge in [-0.2, -0.15) is 0 Å². The zero-order valence-electron chi connectivity index (χ0n) is 11.9. The van der Waals surface area contributed by atoms with Crippen LogP contribution >= 0.6 is 0 Å². The minimum Gasteiger partial charge on any atom is -0.441 e. The van der Waals surface area contributed by atoms with Crippen molar-refractivity contribution in [3.05, 3.63) is 30.2 Å². The maximum atomic E-state index is 5.73. The molecule has 0 saturated carbocycles. The monoisotopic (exact) mass is 274 g/mol.